The SMILES string of the molecule is CCn1ncc(Cl)c1C(=O)C1COCCO1. The average Bonchev–Trinajstić information content (AvgIpc) is 2.70. The van der Waals surface area contributed by atoms with Crippen LogP contribution in [0.1, 0.15) is 17.4 Å². The highest BCUT2D eigenvalue weighted by atomic mass is 35.5. The molecule has 0 N–H and O–H groups in total. The maximum atomic E-state index is 12.1. The molecule has 1 saturated heterocycles. The highest BCUT2D eigenvalue weighted by molar-refractivity contribution is 6.33. The molecule has 0 radical (unpaired) electrons. The molecule has 1 aliphatic heterocycles. The summed E-state index contributed by atoms with van der Waals surface area (Å²) in [5.74, 6) is -0.163. The Hall–Kier alpha value is -0.910. The van der Waals surface area contributed by atoms with Crippen LogP contribution in [0.15, 0.2) is 6.20 Å². The summed E-state index contributed by atoms with van der Waals surface area (Å²) in [6, 6.07) is 0. The molecule has 2 rings (SSSR count). The number of rotatable bonds is 3. The summed E-state index contributed by atoms with van der Waals surface area (Å²) in [7, 11) is 0. The molecule has 1 aromatic heterocycles. The van der Waals surface area contributed by atoms with Crippen LogP contribution in [0.2, 0.25) is 5.02 Å². The molecule has 1 atom stereocenters. The van der Waals surface area contributed by atoms with E-state index in [4.69, 9.17) is 21.1 Å². The summed E-state index contributed by atoms with van der Waals surface area (Å²) in [5, 5.41) is 4.38. The average molecular weight is 245 g/mol. The third-order valence-corrected chi connectivity index (χ3v) is 2.71. The maximum absolute atomic E-state index is 12.1. The minimum Gasteiger partial charge on any atom is -0.376 e. The fourth-order valence-corrected chi connectivity index (χ4v) is 1.87. The van der Waals surface area contributed by atoms with Crippen molar-refractivity contribution < 1.29 is 14.3 Å². The Balaban J connectivity index is 2.21. The second kappa shape index (κ2) is 4.95. The van der Waals surface area contributed by atoms with E-state index in [1.807, 2.05) is 6.92 Å². The monoisotopic (exact) mass is 244 g/mol. The van der Waals surface area contributed by atoms with Crippen LogP contribution >= 0.6 is 11.6 Å². The van der Waals surface area contributed by atoms with Crippen LogP contribution in [0.25, 0.3) is 0 Å². The van der Waals surface area contributed by atoms with Crippen LogP contribution < -0.4 is 0 Å². The third-order valence-electron chi connectivity index (χ3n) is 2.44. The highest BCUT2D eigenvalue weighted by Gasteiger charge is 2.28. The Morgan fingerprint density at radius 1 is 1.69 bits per heavy atom. The summed E-state index contributed by atoms with van der Waals surface area (Å²) >= 11 is 5.94. The van der Waals surface area contributed by atoms with Gasteiger partial charge in [-0.2, -0.15) is 5.10 Å². The Morgan fingerprint density at radius 2 is 2.50 bits per heavy atom. The van der Waals surface area contributed by atoms with E-state index in [1.54, 1.807) is 4.68 Å². The zero-order chi connectivity index (χ0) is 11.5. The third kappa shape index (κ3) is 2.11. The summed E-state index contributed by atoms with van der Waals surface area (Å²) in [5.41, 5.74) is 0.402. The van der Waals surface area contributed by atoms with Crippen LogP contribution in [0.3, 0.4) is 0 Å². The predicted octanol–water partition coefficient (Wildman–Crippen LogP) is 1.15. The van der Waals surface area contributed by atoms with Gasteiger partial charge in [0.25, 0.3) is 0 Å². The summed E-state index contributed by atoms with van der Waals surface area (Å²) in [6.45, 7) is 3.75. The van der Waals surface area contributed by atoms with E-state index in [0.717, 1.165) is 0 Å². The van der Waals surface area contributed by atoms with Crippen molar-refractivity contribution in [2.45, 2.75) is 19.6 Å². The van der Waals surface area contributed by atoms with Crippen molar-refractivity contribution in [3.8, 4) is 0 Å². The van der Waals surface area contributed by atoms with Gasteiger partial charge in [-0.15, -0.1) is 0 Å². The normalized spacial score (nSPS) is 21.0. The molecule has 0 bridgehead atoms. The van der Waals surface area contributed by atoms with Gasteiger partial charge in [-0.3, -0.25) is 9.48 Å². The molecule has 1 unspecified atom stereocenters. The van der Waals surface area contributed by atoms with Crippen molar-refractivity contribution in [1.29, 1.82) is 0 Å². The predicted molar refractivity (Wildman–Crippen MR) is 57.8 cm³/mol. The smallest absolute Gasteiger partial charge is 0.213 e. The molecule has 6 heteroatoms. The zero-order valence-electron chi connectivity index (χ0n) is 8.98. The molecule has 1 fully saturated rings. The van der Waals surface area contributed by atoms with Crippen molar-refractivity contribution in [1.82, 2.24) is 9.78 Å². The summed E-state index contributed by atoms with van der Waals surface area (Å²) in [6.07, 6.45) is 0.912. The van der Waals surface area contributed by atoms with Gasteiger partial charge in [-0.1, -0.05) is 11.6 Å². The first-order chi connectivity index (χ1) is 7.74. The largest absolute Gasteiger partial charge is 0.376 e. The number of Topliss-reactive ketones (excluding diaryl/α,β-unsaturated/α-hetero) is 1. The first kappa shape index (κ1) is 11.6. The molecule has 88 valence electrons. The van der Waals surface area contributed by atoms with Gasteiger partial charge in [0.15, 0.2) is 0 Å². The number of carbonyl (C=O) groups is 1. The van der Waals surface area contributed by atoms with Crippen molar-refractivity contribution in [3.63, 3.8) is 0 Å². The minimum absolute atomic E-state index is 0.163. The van der Waals surface area contributed by atoms with E-state index >= 15 is 0 Å². The van der Waals surface area contributed by atoms with Crippen molar-refractivity contribution in [2.24, 2.45) is 0 Å². The molecule has 2 heterocycles. The summed E-state index contributed by atoms with van der Waals surface area (Å²) in [4.78, 5) is 12.1. The van der Waals surface area contributed by atoms with Crippen molar-refractivity contribution in [2.75, 3.05) is 19.8 Å². The van der Waals surface area contributed by atoms with E-state index in [-0.39, 0.29) is 12.4 Å². The molecule has 0 saturated carbocycles. The van der Waals surface area contributed by atoms with Gasteiger partial charge >= 0.3 is 0 Å². The zero-order valence-corrected chi connectivity index (χ0v) is 9.74. The first-order valence-electron chi connectivity index (χ1n) is 5.19. The number of aromatic nitrogens is 2. The Kier molecular flexibility index (Phi) is 3.58. The fourth-order valence-electron chi connectivity index (χ4n) is 1.64. The molecule has 1 aliphatic rings. The summed E-state index contributed by atoms with van der Waals surface area (Å²) < 4.78 is 12.1. The molecule has 0 amide bonds. The molecule has 5 nitrogen and oxygen atoms in total. The molecular weight excluding hydrogens is 232 g/mol. The maximum Gasteiger partial charge on any atom is 0.213 e. The molecule has 0 aromatic carbocycles. The highest BCUT2D eigenvalue weighted by Crippen LogP contribution is 2.19. The Labute approximate surface area is 98.3 Å². The second-order valence-electron chi connectivity index (χ2n) is 3.46. The van der Waals surface area contributed by atoms with Gasteiger partial charge in [0.1, 0.15) is 11.8 Å². The number of ether oxygens (including phenoxy) is 2. The van der Waals surface area contributed by atoms with Crippen molar-refractivity contribution >= 4 is 17.4 Å². The number of halogens is 1. The van der Waals surface area contributed by atoms with Gasteiger partial charge in [0.2, 0.25) is 5.78 Å². The van der Waals surface area contributed by atoms with Crippen molar-refractivity contribution in [3.05, 3.63) is 16.9 Å². The number of hydrogen-bond acceptors (Lipinski definition) is 4. The number of ketones is 1. The molecule has 16 heavy (non-hydrogen) atoms. The quantitative estimate of drug-likeness (QED) is 0.749. The number of nitrogens with zero attached hydrogens (tertiary/aromatic N) is 2. The van der Waals surface area contributed by atoms with Crippen LogP contribution in [0.5, 0.6) is 0 Å². The van der Waals surface area contributed by atoms with E-state index in [0.29, 0.717) is 30.5 Å². The first-order valence-corrected chi connectivity index (χ1v) is 5.56. The van der Waals surface area contributed by atoms with E-state index in [9.17, 15) is 4.79 Å². The van der Waals surface area contributed by atoms with Crippen LogP contribution in [-0.4, -0.2) is 41.5 Å². The Bertz CT molecular complexity index is 385. The van der Waals surface area contributed by atoms with Gasteiger partial charge in [0.05, 0.1) is 31.0 Å². The Morgan fingerprint density at radius 3 is 3.12 bits per heavy atom. The fraction of sp³-hybridized carbons (Fsp3) is 0.600. The van der Waals surface area contributed by atoms with Crippen LogP contribution in [0, 0.1) is 0 Å². The lowest BCUT2D eigenvalue weighted by atomic mass is 10.1. The lowest BCUT2D eigenvalue weighted by Gasteiger charge is -2.21. The van der Waals surface area contributed by atoms with Gasteiger partial charge < -0.3 is 9.47 Å². The molecular formula is C10H13ClN2O3. The lowest BCUT2D eigenvalue weighted by Crippen LogP contribution is -2.36. The molecule has 0 spiro atoms. The van der Waals surface area contributed by atoms with Gasteiger partial charge in [-0.05, 0) is 6.92 Å². The lowest BCUT2D eigenvalue weighted by molar-refractivity contribution is -0.0721. The van der Waals surface area contributed by atoms with E-state index < -0.39 is 6.10 Å². The second-order valence-corrected chi connectivity index (χ2v) is 3.86. The minimum atomic E-state index is -0.562. The van der Waals surface area contributed by atoms with Gasteiger partial charge in [0, 0.05) is 6.54 Å². The number of aryl methyl sites for hydroxylation is 1. The standard InChI is InChI=1S/C10H13ClN2O3/c1-2-13-9(7(11)5-12-13)10(14)8-6-15-3-4-16-8/h5,8H,2-4,6H2,1H3. The van der Waals surface area contributed by atoms with E-state index in [1.165, 1.54) is 6.20 Å². The van der Waals surface area contributed by atoms with Gasteiger partial charge in [-0.25, -0.2) is 0 Å². The number of carbonyl (C=O) groups excluding carboxylic acids is 1. The van der Waals surface area contributed by atoms with E-state index in [2.05, 4.69) is 5.10 Å². The number of hydrogen-bond donors (Lipinski definition) is 0. The topological polar surface area (TPSA) is 53.4 Å². The molecule has 0 aliphatic carbocycles. The molecule has 1 aromatic rings. The van der Waals surface area contributed by atoms with Crippen LogP contribution in [0.4, 0.5) is 0 Å². The van der Waals surface area contributed by atoms with Crippen LogP contribution in [-0.2, 0) is 16.0 Å².